The van der Waals surface area contributed by atoms with Gasteiger partial charge in [0.1, 0.15) is 4.21 Å². The normalized spacial score (nSPS) is 15.9. The lowest BCUT2D eigenvalue weighted by Gasteiger charge is -2.25. The maximum Gasteiger partial charge on any atom is 0.252 e. The molecule has 8 heteroatoms. The molecule has 1 aliphatic heterocycles. The van der Waals surface area contributed by atoms with Crippen LogP contribution in [0, 0.1) is 6.92 Å². The van der Waals surface area contributed by atoms with Crippen LogP contribution in [-0.2, 0) is 14.8 Å². The quantitative estimate of drug-likeness (QED) is 0.585. The highest BCUT2D eigenvalue weighted by molar-refractivity contribution is 7.91. The van der Waals surface area contributed by atoms with E-state index in [0.717, 1.165) is 16.0 Å². The van der Waals surface area contributed by atoms with E-state index in [-0.39, 0.29) is 11.9 Å². The van der Waals surface area contributed by atoms with Gasteiger partial charge in [-0.1, -0.05) is 42.0 Å². The van der Waals surface area contributed by atoms with Crippen molar-refractivity contribution >= 4 is 27.3 Å². The van der Waals surface area contributed by atoms with Crippen molar-refractivity contribution in [2.45, 2.75) is 24.1 Å². The number of hydrogen-bond acceptors (Lipinski definition) is 5. The van der Waals surface area contributed by atoms with Gasteiger partial charge in [0.2, 0.25) is 0 Å². The summed E-state index contributed by atoms with van der Waals surface area (Å²) in [5.74, 6) is -0.169. The van der Waals surface area contributed by atoms with E-state index in [1.54, 1.807) is 24.3 Å². The van der Waals surface area contributed by atoms with Gasteiger partial charge in [0, 0.05) is 23.5 Å². The van der Waals surface area contributed by atoms with Crippen LogP contribution in [0.5, 0.6) is 0 Å². The predicted molar refractivity (Wildman–Crippen MR) is 126 cm³/mol. The van der Waals surface area contributed by atoms with Crippen molar-refractivity contribution in [2.24, 2.45) is 0 Å². The van der Waals surface area contributed by atoms with Crippen LogP contribution in [0.15, 0.2) is 64.9 Å². The first-order chi connectivity index (χ1) is 15.3. The molecule has 0 spiro atoms. The second-order valence-electron chi connectivity index (χ2n) is 7.82. The number of aryl methyl sites for hydroxylation is 1. The van der Waals surface area contributed by atoms with Crippen molar-refractivity contribution in [3.05, 3.63) is 77.4 Å². The van der Waals surface area contributed by atoms with Gasteiger partial charge in [0.15, 0.2) is 0 Å². The van der Waals surface area contributed by atoms with Crippen molar-refractivity contribution in [3.8, 4) is 10.4 Å². The Labute approximate surface area is 192 Å². The van der Waals surface area contributed by atoms with Crippen LogP contribution in [0.3, 0.4) is 0 Å². The number of rotatable bonds is 6. The SMILES string of the molecule is Cc1ccc(C(C)NC(=O)c2cccc(-c3ccc(S(=O)(=O)N4CCOCC4)s3)c2)cc1. The van der Waals surface area contributed by atoms with E-state index in [4.69, 9.17) is 4.74 Å². The minimum atomic E-state index is -3.53. The Bertz CT molecular complexity index is 1200. The highest BCUT2D eigenvalue weighted by Crippen LogP contribution is 2.33. The van der Waals surface area contributed by atoms with E-state index < -0.39 is 10.0 Å². The number of carbonyl (C=O) groups is 1. The van der Waals surface area contributed by atoms with Crippen molar-refractivity contribution in [1.82, 2.24) is 9.62 Å². The molecule has 3 aromatic rings. The molecule has 1 N–H and O–H groups in total. The number of nitrogens with one attached hydrogen (secondary N) is 1. The average Bonchev–Trinajstić information content (AvgIpc) is 3.31. The average molecular weight is 471 g/mol. The molecule has 1 amide bonds. The fourth-order valence-corrected chi connectivity index (χ4v) is 6.43. The summed E-state index contributed by atoms with van der Waals surface area (Å²) in [5, 5.41) is 3.03. The number of benzene rings is 2. The summed E-state index contributed by atoms with van der Waals surface area (Å²) >= 11 is 1.22. The van der Waals surface area contributed by atoms with E-state index in [2.05, 4.69) is 5.32 Å². The lowest BCUT2D eigenvalue weighted by molar-refractivity contribution is 0.0731. The van der Waals surface area contributed by atoms with Gasteiger partial charge < -0.3 is 10.1 Å². The molecule has 0 saturated carbocycles. The maximum atomic E-state index is 12.9. The van der Waals surface area contributed by atoms with Crippen LogP contribution in [-0.4, -0.2) is 44.9 Å². The number of thiophene rings is 1. The molecule has 0 bridgehead atoms. The molecule has 1 atom stereocenters. The Morgan fingerprint density at radius 1 is 1.06 bits per heavy atom. The predicted octanol–water partition coefficient (Wildman–Crippen LogP) is 4.24. The third-order valence-electron chi connectivity index (χ3n) is 5.48. The number of nitrogens with zero attached hydrogens (tertiary/aromatic N) is 1. The molecule has 1 unspecified atom stereocenters. The van der Waals surface area contributed by atoms with E-state index in [1.807, 2.05) is 50.2 Å². The molecule has 2 heterocycles. The zero-order valence-electron chi connectivity index (χ0n) is 18.1. The molecule has 6 nitrogen and oxygen atoms in total. The third-order valence-corrected chi connectivity index (χ3v) is 8.98. The summed E-state index contributed by atoms with van der Waals surface area (Å²) in [6, 6.07) is 18.6. The molecule has 2 aromatic carbocycles. The molecular weight excluding hydrogens is 444 g/mol. The van der Waals surface area contributed by atoms with Gasteiger partial charge in [-0.2, -0.15) is 4.31 Å². The van der Waals surface area contributed by atoms with Crippen molar-refractivity contribution in [3.63, 3.8) is 0 Å². The highest BCUT2D eigenvalue weighted by atomic mass is 32.2. The van der Waals surface area contributed by atoms with E-state index in [1.165, 1.54) is 21.2 Å². The van der Waals surface area contributed by atoms with Gasteiger partial charge >= 0.3 is 0 Å². The Morgan fingerprint density at radius 3 is 2.50 bits per heavy atom. The van der Waals surface area contributed by atoms with Crippen LogP contribution >= 0.6 is 11.3 Å². The molecular formula is C24H26N2O4S2. The lowest BCUT2D eigenvalue weighted by Crippen LogP contribution is -2.40. The first kappa shape index (κ1) is 22.7. The maximum absolute atomic E-state index is 12.9. The van der Waals surface area contributed by atoms with E-state index in [0.29, 0.717) is 36.1 Å². The molecule has 4 rings (SSSR count). The van der Waals surface area contributed by atoms with Crippen molar-refractivity contribution in [1.29, 1.82) is 0 Å². The Balaban J connectivity index is 1.50. The van der Waals surface area contributed by atoms with E-state index >= 15 is 0 Å². The summed E-state index contributed by atoms with van der Waals surface area (Å²) in [4.78, 5) is 13.6. The summed E-state index contributed by atoms with van der Waals surface area (Å²) < 4.78 is 32.8. The largest absolute Gasteiger partial charge is 0.379 e. The molecule has 168 valence electrons. The van der Waals surface area contributed by atoms with Gasteiger partial charge in [0.25, 0.3) is 15.9 Å². The fraction of sp³-hybridized carbons (Fsp3) is 0.292. The zero-order chi connectivity index (χ0) is 22.7. The molecule has 1 aromatic heterocycles. The van der Waals surface area contributed by atoms with Crippen LogP contribution in [0.2, 0.25) is 0 Å². The van der Waals surface area contributed by atoms with Crippen LogP contribution in [0.4, 0.5) is 0 Å². The van der Waals surface area contributed by atoms with Gasteiger partial charge in [0.05, 0.1) is 19.3 Å². The Hall–Kier alpha value is -2.52. The molecule has 1 fully saturated rings. The smallest absolute Gasteiger partial charge is 0.252 e. The minimum absolute atomic E-state index is 0.126. The number of carbonyl (C=O) groups excluding carboxylic acids is 1. The van der Waals surface area contributed by atoms with Crippen LogP contribution in [0.1, 0.15) is 34.5 Å². The Kier molecular flexibility index (Phi) is 6.76. The Morgan fingerprint density at radius 2 is 1.78 bits per heavy atom. The summed E-state index contributed by atoms with van der Waals surface area (Å²) in [5.41, 5.74) is 3.56. The van der Waals surface area contributed by atoms with Crippen LogP contribution in [0.25, 0.3) is 10.4 Å². The number of ether oxygens (including phenoxy) is 1. The van der Waals surface area contributed by atoms with E-state index in [9.17, 15) is 13.2 Å². The monoisotopic (exact) mass is 470 g/mol. The number of morpholine rings is 1. The highest BCUT2D eigenvalue weighted by Gasteiger charge is 2.28. The molecule has 1 aliphatic rings. The molecule has 1 saturated heterocycles. The van der Waals surface area contributed by atoms with Gasteiger partial charge in [-0.3, -0.25) is 4.79 Å². The topological polar surface area (TPSA) is 75.7 Å². The standard InChI is InChI=1S/C24H26N2O4S2/c1-17-6-8-19(9-7-17)18(2)25-24(27)21-5-3-4-20(16-21)22-10-11-23(31-22)32(28,29)26-12-14-30-15-13-26/h3-11,16,18H,12-15H2,1-2H3,(H,25,27). The summed E-state index contributed by atoms with van der Waals surface area (Å²) in [7, 11) is -3.53. The lowest BCUT2D eigenvalue weighted by atomic mass is 10.1. The molecule has 0 aliphatic carbocycles. The first-order valence-electron chi connectivity index (χ1n) is 10.5. The number of sulfonamides is 1. The van der Waals surface area contributed by atoms with Gasteiger partial charge in [-0.25, -0.2) is 8.42 Å². The van der Waals surface area contributed by atoms with Gasteiger partial charge in [-0.15, -0.1) is 11.3 Å². The number of hydrogen-bond donors (Lipinski definition) is 1. The third kappa shape index (κ3) is 4.94. The van der Waals surface area contributed by atoms with Crippen molar-refractivity contribution < 1.29 is 17.9 Å². The first-order valence-corrected chi connectivity index (χ1v) is 12.8. The summed E-state index contributed by atoms with van der Waals surface area (Å²) in [6.45, 7) is 5.54. The molecule has 32 heavy (non-hydrogen) atoms. The van der Waals surface area contributed by atoms with Crippen molar-refractivity contribution in [2.75, 3.05) is 26.3 Å². The fourth-order valence-electron chi connectivity index (χ4n) is 3.56. The van der Waals surface area contributed by atoms with Crippen LogP contribution < -0.4 is 5.32 Å². The molecule has 0 radical (unpaired) electrons. The van der Waals surface area contributed by atoms with Gasteiger partial charge in [-0.05, 0) is 49.2 Å². The summed E-state index contributed by atoms with van der Waals surface area (Å²) in [6.07, 6.45) is 0. The second-order valence-corrected chi connectivity index (χ2v) is 11.1. The zero-order valence-corrected chi connectivity index (χ0v) is 19.7. The minimum Gasteiger partial charge on any atom is -0.379 e. The second kappa shape index (κ2) is 9.54. The number of amides is 1.